The molecule has 0 aliphatic carbocycles. The third-order valence-corrected chi connectivity index (χ3v) is 5.92. The van der Waals surface area contributed by atoms with Crippen LogP contribution in [0.5, 0.6) is 0 Å². The van der Waals surface area contributed by atoms with Gasteiger partial charge in [-0.3, -0.25) is 4.79 Å². The van der Waals surface area contributed by atoms with Gasteiger partial charge < -0.3 is 20.6 Å². The summed E-state index contributed by atoms with van der Waals surface area (Å²) in [4.78, 5) is 23.6. The third kappa shape index (κ3) is 3.55. The number of pyridine rings is 1. The van der Waals surface area contributed by atoms with Crippen LogP contribution in [0.4, 0.5) is 10.1 Å². The van der Waals surface area contributed by atoms with E-state index in [1.807, 2.05) is 6.07 Å². The molecule has 3 heterocycles. The van der Waals surface area contributed by atoms with Gasteiger partial charge >= 0.3 is 0 Å². The number of piperidine rings is 1. The second kappa shape index (κ2) is 7.74. The van der Waals surface area contributed by atoms with Crippen LogP contribution in [0.1, 0.15) is 12.8 Å². The molecule has 1 fully saturated rings. The molecule has 0 amide bonds. The van der Waals surface area contributed by atoms with E-state index in [-0.39, 0.29) is 11.4 Å². The number of rotatable bonds is 4. The Bertz CT molecular complexity index is 1290. The molecule has 4 aromatic rings. The summed E-state index contributed by atoms with van der Waals surface area (Å²) < 4.78 is 13.6. The lowest BCUT2D eigenvalue weighted by Gasteiger charge is -2.24. The minimum atomic E-state index is -0.360. The van der Waals surface area contributed by atoms with Gasteiger partial charge in [-0.1, -0.05) is 11.6 Å². The van der Waals surface area contributed by atoms with E-state index in [9.17, 15) is 9.18 Å². The van der Waals surface area contributed by atoms with Crippen LogP contribution in [0.25, 0.3) is 33.3 Å². The van der Waals surface area contributed by atoms with Gasteiger partial charge in [0.2, 0.25) is 0 Å². The molecule has 8 heteroatoms. The van der Waals surface area contributed by atoms with Gasteiger partial charge in [0.1, 0.15) is 17.2 Å². The van der Waals surface area contributed by atoms with Crippen LogP contribution < -0.4 is 16.2 Å². The average Bonchev–Trinajstić information content (AvgIpc) is 3.15. The summed E-state index contributed by atoms with van der Waals surface area (Å²) in [6.07, 6.45) is 2.16. The van der Waals surface area contributed by atoms with Crippen molar-refractivity contribution in [1.82, 2.24) is 20.3 Å². The van der Waals surface area contributed by atoms with E-state index in [1.54, 1.807) is 18.2 Å². The Kier molecular flexibility index (Phi) is 4.92. The van der Waals surface area contributed by atoms with Gasteiger partial charge in [0.25, 0.3) is 5.56 Å². The fourth-order valence-electron chi connectivity index (χ4n) is 4.11. The number of aromatic amines is 2. The number of halogens is 2. The molecule has 4 N–H and O–H groups in total. The zero-order valence-electron chi connectivity index (χ0n) is 16.2. The first-order chi connectivity index (χ1) is 14.6. The standard InChI is InChI=1S/C22H21ClFN5O/c23-13-1-3-16-15(9-13)20(26-11-12-5-7-25-8-6-12)19(22(30)29-16)21-27-17-4-2-14(24)10-18(17)28-21/h1-4,9-10,12,25H,5-8,11H2,(H,27,28)(H2,26,29,30). The van der Waals surface area contributed by atoms with E-state index in [0.29, 0.717) is 44.6 Å². The summed E-state index contributed by atoms with van der Waals surface area (Å²) in [6.45, 7) is 2.74. The largest absolute Gasteiger partial charge is 0.383 e. The fraction of sp³-hybridized carbons (Fsp3) is 0.273. The number of hydrogen-bond donors (Lipinski definition) is 4. The maximum Gasteiger partial charge on any atom is 0.261 e. The zero-order valence-corrected chi connectivity index (χ0v) is 16.9. The molecule has 1 aliphatic heterocycles. The molecule has 0 unspecified atom stereocenters. The Morgan fingerprint density at radius 3 is 2.77 bits per heavy atom. The van der Waals surface area contributed by atoms with Gasteiger partial charge in [-0.2, -0.15) is 0 Å². The third-order valence-electron chi connectivity index (χ3n) is 5.68. The molecule has 5 rings (SSSR count). The molecule has 1 saturated heterocycles. The highest BCUT2D eigenvalue weighted by Gasteiger charge is 2.20. The number of aromatic nitrogens is 3. The van der Waals surface area contributed by atoms with E-state index < -0.39 is 0 Å². The van der Waals surface area contributed by atoms with Gasteiger partial charge in [-0.05, 0) is 68.2 Å². The molecule has 0 atom stereocenters. The predicted molar refractivity (Wildman–Crippen MR) is 119 cm³/mol. The number of fused-ring (bicyclic) bond motifs is 2. The van der Waals surface area contributed by atoms with Crippen molar-refractivity contribution in [3.8, 4) is 11.4 Å². The van der Waals surface area contributed by atoms with Crippen molar-refractivity contribution in [2.45, 2.75) is 12.8 Å². The van der Waals surface area contributed by atoms with Crippen molar-refractivity contribution in [1.29, 1.82) is 0 Å². The van der Waals surface area contributed by atoms with Crippen LogP contribution in [-0.2, 0) is 0 Å². The summed E-state index contributed by atoms with van der Waals surface area (Å²) in [5.41, 5.74) is 2.66. The van der Waals surface area contributed by atoms with Gasteiger partial charge in [0.15, 0.2) is 0 Å². The first-order valence-corrected chi connectivity index (χ1v) is 10.4. The second-order valence-electron chi connectivity index (χ2n) is 7.72. The van der Waals surface area contributed by atoms with Crippen molar-refractivity contribution in [2.24, 2.45) is 5.92 Å². The van der Waals surface area contributed by atoms with Crippen LogP contribution in [0, 0.1) is 11.7 Å². The first kappa shape index (κ1) is 19.1. The van der Waals surface area contributed by atoms with Crippen molar-refractivity contribution in [3.05, 3.63) is 57.6 Å². The summed E-state index contributed by atoms with van der Waals surface area (Å²) in [7, 11) is 0. The van der Waals surface area contributed by atoms with Crippen LogP contribution in [0.2, 0.25) is 5.02 Å². The van der Waals surface area contributed by atoms with Gasteiger partial charge in [-0.25, -0.2) is 9.37 Å². The Balaban J connectivity index is 1.66. The Hall–Kier alpha value is -2.90. The molecule has 0 radical (unpaired) electrons. The van der Waals surface area contributed by atoms with Crippen molar-refractivity contribution in [2.75, 3.05) is 25.0 Å². The summed E-state index contributed by atoms with van der Waals surface area (Å²) in [6, 6.07) is 9.71. The van der Waals surface area contributed by atoms with Crippen LogP contribution >= 0.6 is 11.6 Å². The number of nitrogens with one attached hydrogen (secondary N) is 4. The highest BCUT2D eigenvalue weighted by Crippen LogP contribution is 2.33. The quantitative estimate of drug-likeness (QED) is 0.393. The van der Waals surface area contributed by atoms with Crippen LogP contribution in [-0.4, -0.2) is 34.6 Å². The average molecular weight is 426 g/mol. The van der Waals surface area contributed by atoms with Crippen molar-refractivity contribution >= 4 is 39.2 Å². The number of imidazole rings is 1. The molecule has 30 heavy (non-hydrogen) atoms. The van der Waals surface area contributed by atoms with E-state index >= 15 is 0 Å². The Morgan fingerprint density at radius 1 is 1.10 bits per heavy atom. The highest BCUT2D eigenvalue weighted by atomic mass is 35.5. The number of H-pyrrole nitrogens is 2. The highest BCUT2D eigenvalue weighted by molar-refractivity contribution is 6.31. The van der Waals surface area contributed by atoms with E-state index in [1.165, 1.54) is 12.1 Å². The lowest BCUT2D eigenvalue weighted by atomic mass is 9.97. The number of anilines is 1. The molecular weight excluding hydrogens is 405 g/mol. The predicted octanol–water partition coefficient (Wildman–Crippen LogP) is 4.28. The van der Waals surface area contributed by atoms with Crippen LogP contribution in [0.3, 0.4) is 0 Å². The minimum absolute atomic E-state index is 0.267. The molecule has 2 aromatic carbocycles. The van der Waals surface area contributed by atoms with E-state index in [4.69, 9.17) is 11.6 Å². The summed E-state index contributed by atoms with van der Waals surface area (Å²) >= 11 is 6.27. The molecule has 1 aliphatic rings. The summed E-state index contributed by atoms with van der Waals surface area (Å²) in [5, 5.41) is 8.28. The number of hydrogen-bond acceptors (Lipinski definition) is 4. The monoisotopic (exact) mass is 425 g/mol. The maximum absolute atomic E-state index is 13.6. The fourth-order valence-corrected chi connectivity index (χ4v) is 4.28. The lowest BCUT2D eigenvalue weighted by molar-refractivity contribution is 0.390. The maximum atomic E-state index is 13.6. The topological polar surface area (TPSA) is 85.6 Å². The molecule has 154 valence electrons. The molecule has 0 bridgehead atoms. The molecule has 0 spiro atoms. The minimum Gasteiger partial charge on any atom is -0.383 e. The molecule has 6 nitrogen and oxygen atoms in total. The van der Waals surface area contributed by atoms with E-state index in [2.05, 4.69) is 25.6 Å². The Morgan fingerprint density at radius 2 is 1.93 bits per heavy atom. The molecule has 2 aromatic heterocycles. The SMILES string of the molecule is O=c1[nH]c2ccc(Cl)cc2c(NCC2CCNCC2)c1-c1nc2ccc(F)cc2[nH]1. The van der Waals surface area contributed by atoms with Crippen LogP contribution in [0.15, 0.2) is 41.2 Å². The molecular formula is C22H21ClFN5O. The van der Waals surface area contributed by atoms with E-state index in [0.717, 1.165) is 37.9 Å². The van der Waals surface area contributed by atoms with Gasteiger partial charge in [-0.15, -0.1) is 0 Å². The summed E-state index contributed by atoms with van der Waals surface area (Å²) in [5.74, 6) is 0.546. The normalized spacial score (nSPS) is 15.1. The number of nitrogens with zero attached hydrogens (tertiary/aromatic N) is 1. The lowest BCUT2D eigenvalue weighted by Crippen LogP contribution is -2.31. The zero-order chi connectivity index (χ0) is 20.7. The van der Waals surface area contributed by atoms with Gasteiger partial charge in [0, 0.05) is 17.0 Å². The molecule has 0 saturated carbocycles. The van der Waals surface area contributed by atoms with Crippen molar-refractivity contribution in [3.63, 3.8) is 0 Å². The number of benzene rings is 2. The smallest absolute Gasteiger partial charge is 0.261 e. The first-order valence-electron chi connectivity index (χ1n) is 10.0. The Labute approximate surface area is 176 Å². The van der Waals surface area contributed by atoms with Gasteiger partial charge in [0.05, 0.1) is 22.2 Å². The second-order valence-corrected chi connectivity index (χ2v) is 8.15. The van der Waals surface area contributed by atoms with Crippen molar-refractivity contribution < 1.29 is 4.39 Å².